The van der Waals surface area contributed by atoms with Crippen LogP contribution in [0, 0.1) is 0 Å². The van der Waals surface area contributed by atoms with Crippen LogP contribution >= 0.6 is 11.3 Å². The van der Waals surface area contributed by atoms with Gasteiger partial charge in [-0.25, -0.2) is 4.98 Å². The number of hydrogen-bond acceptors (Lipinski definition) is 5. The van der Waals surface area contributed by atoms with Crippen LogP contribution in [-0.4, -0.2) is 37.3 Å². The molecule has 0 aliphatic rings. The summed E-state index contributed by atoms with van der Waals surface area (Å²) in [6.07, 6.45) is 4.49. The van der Waals surface area contributed by atoms with Crippen LogP contribution in [0.15, 0.2) is 17.8 Å². The van der Waals surface area contributed by atoms with E-state index in [4.69, 9.17) is 5.11 Å². The van der Waals surface area contributed by atoms with Crippen molar-refractivity contribution in [2.75, 3.05) is 0 Å². The molecule has 0 bridgehead atoms. The fourth-order valence-electron chi connectivity index (χ4n) is 2.36. The molecule has 2 heterocycles. The summed E-state index contributed by atoms with van der Waals surface area (Å²) in [6, 6.07) is 0. The number of aromatic nitrogens is 3. The van der Waals surface area contributed by atoms with E-state index in [0.29, 0.717) is 23.5 Å². The minimum Gasteiger partial charge on any atom is -0.481 e. The maximum atomic E-state index is 12.4. The minimum atomic E-state index is -0.927. The molecule has 0 radical (unpaired) electrons. The number of carbonyl (C=O) groups excluding carboxylic acids is 1. The lowest BCUT2D eigenvalue weighted by Gasteiger charge is -2.31. The smallest absolute Gasteiger partial charge is 0.305 e. The van der Waals surface area contributed by atoms with E-state index in [1.165, 1.54) is 11.3 Å². The maximum absolute atomic E-state index is 12.4. The van der Waals surface area contributed by atoms with Crippen LogP contribution in [0.3, 0.4) is 0 Å². The highest BCUT2D eigenvalue weighted by molar-refractivity contribution is 7.13. The molecule has 23 heavy (non-hydrogen) atoms. The predicted molar refractivity (Wildman–Crippen MR) is 87.3 cm³/mol. The van der Waals surface area contributed by atoms with E-state index in [2.05, 4.69) is 15.4 Å². The van der Waals surface area contributed by atoms with Crippen LogP contribution < -0.4 is 5.32 Å². The molecule has 124 valence electrons. The van der Waals surface area contributed by atoms with Gasteiger partial charge in [-0.1, -0.05) is 13.8 Å². The Labute approximate surface area is 138 Å². The Balaban J connectivity index is 2.17. The van der Waals surface area contributed by atoms with Crippen molar-refractivity contribution in [3.05, 3.63) is 23.5 Å². The number of nitrogens with zero attached hydrogens (tertiary/aromatic N) is 3. The minimum absolute atomic E-state index is 0.106. The van der Waals surface area contributed by atoms with E-state index in [9.17, 15) is 9.59 Å². The highest BCUT2D eigenvalue weighted by atomic mass is 32.1. The van der Waals surface area contributed by atoms with Gasteiger partial charge in [-0.3, -0.25) is 14.3 Å². The third-order valence-electron chi connectivity index (χ3n) is 3.91. The van der Waals surface area contributed by atoms with Crippen molar-refractivity contribution in [3.63, 3.8) is 0 Å². The van der Waals surface area contributed by atoms with Crippen molar-refractivity contribution < 1.29 is 14.7 Å². The molecule has 0 saturated heterocycles. The van der Waals surface area contributed by atoms with Gasteiger partial charge in [0.15, 0.2) is 0 Å². The van der Waals surface area contributed by atoms with Crippen molar-refractivity contribution in [2.45, 2.75) is 38.6 Å². The third-order valence-corrected chi connectivity index (χ3v) is 4.80. The van der Waals surface area contributed by atoms with E-state index in [1.54, 1.807) is 16.3 Å². The van der Waals surface area contributed by atoms with Crippen LogP contribution in [0.2, 0.25) is 0 Å². The zero-order valence-electron chi connectivity index (χ0n) is 13.4. The average molecular weight is 336 g/mol. The summed E-state index contributed by atoms with van der Waals surface area (Å²) in [5.41, 5.74) is 0.394. The Hall–Kier alpha value is -2.22. The summed E-state index contributed by atoms with van der Waals surface area (Å²) in [4.78, 5) is 27.8. The molecule has 0 aromatic carbocycles. The SMILES string of the molecule is CCC(CC)(CC(=O)O)NC(=O)c1csc(-c2cnn(C)c2)n1. The molecule has 0 aliphatic carbocycles. The average Bonchev–Trinajstić information content (AvgIpc) is 3.14. The van der Waals surface area contributed by atoms with E-state index in [0.717, 1.165) is 5.56 Å². The first-order chi connectivity index (χ1) is 10.9. The van der Waals surface area contributed by atoms with Gasteiger partial charge < -0.3 is 10.4 Å². The second kappa shape index (κ2) is 6.91. The standard InChI is InChI=1S/C15H20N4O3S/c1-4-15(5-2,6-12(20)21)18-13(22)11-9-23-14(17-11)10-7-16-19(3)8-10/h7-9H,4-6H2,1-3H3,(H,18,22)(H,20,21). The molecule has 1 amide bonds. The van der Waals surface area contributed by atoms with Gasteiger partial charge in [-0.2, -0.15) is 5.10 Å². The zero-order valence-corrected chi connectivity index (χ0v) is 14.2. The number of hydrogen-bond donors (Lipinski definition) is 2. The van der Waals surface area contributed by atoms with E-state index >= 15 is 0 Å². The number of aliphatic carboxylic acids is 1. The summed E-state index contributed by atoms with van der Waals surface area (Å²) >= 11 is 1.36. The van der Waals surface area contributed by atoms with Gasteiger partial charge in [-0.15, -0.1) is 11.3 Å². The fourth-order valence-corrected chi connectivity index (χ4v) is 3.13. The summed E-state index contributed by atoms with van der Waals surface area (Å²) in [5.74, 6) is -1.27. The van der Waals surface area contributed by atoms with E-state index in [1.807, 2.05) is 27.1 Å². The Kier molecular flexibility index (Phi) is 5.15. The Morgan fingerprint density at radius 3 is 2.61 bits per heavy atom. The molecular formula is C15H20N4O3S. The monoisotopic (exact) mass is 336 g/mol. The number of carboxylic acids is 1. The molecule has 2 N–H and O–H groups in total. The van der Waals surface area contributed by atoms with Crippen molar-refractivity contribution in [3.8, 4) is 10.6 Å². The summed E-state index contributed by atoms with van der Waals surface area (Å²) < 4.78 is 1.67. The molecule has 2 rings (SSSR count). The molecule has 0 saturated carbocycles. The Bertz CT molecular complexity index is 703. The number of carboxylic acid groups (broad SMARTS) is 1. The number of rotatable bonds is 7. The van der Waals surface area contributed by atoms with Crippen molar-refractivity contribution in [2.24, 2.45) is 7.05 Å². The first-order valence-corrected chi connectivity index (χ1v) is 8.26. The van der Waals surface area contributed by atoms with Crippen molar-refractivity contribution in [1.29, 1.82) is 0 Å². The summed E-state index contributed by atoms with van der Waals surface area (Å²) in [7, 11) is 1.81. The van der Waals surface area contributed by atoms with Crippen LogP contribution in [0.1, 0.15) is 43.6 Å². The maximum Gasteiger partial charge on any atom is 0.305 e. The topological polar surface area (TPSA) is 97.1 Å². The fraction of sp³-hybridized carbons (Fsp3) is 0.467. The van der Waals surface area contributed by atoms with E-state index in [-0.39, 0.29) is 12.3 Å². The lowest BCUT2D eigenvalue weighted by molar-refractivity contribution is -0.138. The normalized spacial score (nSPS) is 11.4. The molecule has 2 aromatic rings. The second-order valence-corrected chi connectivity index (χ2v) is 6.31. The molecule has 2 aromatic heterocycles. The number of thiazole rings is 1. The second-order valence-electron chi connectivity index (χ2n) is 5.45. The van der Waals surface area contributed by atoms with Gasteiger partial charge in [-0.05, 0) is 12.8 Å². The summed E-state index contributed by atoms with van der Waals surface area (Å²) in [6.45, 7) is 3.74. The highest BCUT2D eigenvalue weighted by Crippen LogP contribution is 2.24. The van der Waals surface area contributed by atoms with E-state index < -0.39 is 11.5 Å². The molecule has 0 atom stereocenters. The highest BCUT2D eigenvalue weighted by Gasteiger charge is 2.32. The first-order valence-electron chi connectivity index (χ1n) is 7.38. The van der Waals surface area contributed by atoms with Crippen LogP contribution in [0.5, 0.6) is 0 Å². The first kappa shape index (κ1) is 17.1. The van der Waals surface area contributed by atoms with Crippen molar-refractivity contribution >= 4 is 23.2 Å². The zero-order chi connectivity index (χ0) is 17.0. The van der Waals surface area contributed by atoms with Crippen LogP contribution in [-0.2, 0) is 11.8 Å². The van der Waals surface area contributed by atoms with Gasteiger partial charge in [0.1, 0.15) is 10.7 Å². The number of carbonyl (C=O) groups is 2. The summed E-state index contributed by atoms with van der Waals surface area (Å²) in [5, 5.41) is 18.4. The number of nitrogens with one attached hydrogen (secondary N) is 1. The largest absolute Gasteiger partial charge is 0.481 e. The van der Waals surface area contributed by atoms with Gasteiger partial charge in [0.2, 0.25) is 0 Å². The molecular weight excluding hydrogens is 316 g/mol. The lowest BCUT2D eigenvalue weighted by atomic mass is 9.89. The van der Waals surface area contributed by atoms with Crippen molar-refractivity contribution in [1.82, 2.24) is 20.1 Å². The number of aryl methyl sites for hydroxylation is 1. The van der Waals surface area contributed by atoms with Gasteiger partial charge >= 0.3 is 5.97 Å². The van der Waals surface area contributed by atoms with Crippen LogP contribution in [0.25, 0.3) is 10.6 Å². The quantitative estimate of drug-likeness (QED) is 0.808. The molecule has 8 heteroatoms. The van der Waals surface area contributed by atoms with Crippen LogP contribution in [0.4, 0.5) is 0 Å². The lowest BCUT2D eigenvalue weighted by Crippen LogP contribution is -2.49. The molecule has 0 unspecified atom stereocenters. The Morgan fingerprint density at radius 1 is 1.39 bits per heavy atom. The third kappa shape index (κ3) is 3.95. The van der Waals surface area contributed by atoms with Gasteiger partial charge in [0, 0.05) is 24.2 Å². The van der Waals surface area contributed by atoms with Gasteiger partial charge in [0.05, 0.1) is 18.2 Å². The molecule has 0 fully saturated rings. The number of amides is 1. The van der Waals surface area contributed by atoms with Gasteiger partial charge in [0.25, 0.3) is 5.91 Å². The molecule has 0 spiro atoms. The molecule has 7 nitrogen and oxygen atoms in total. The molecule has 0 aliphatic heterocycles. The Morgan fingerprint density at radius 2 is 2.09 bits per heavy atom. The predicted octanol–water partition coefficient (Wildman–Crippen LogP) is 2.31.